The molecule has 0 atom stereocenters. The van der Waals surface area contributed by atoms with Gasteiger partial charge in [-0.15, -0.1) is 0 Å². The molecule has 94 valence electrons. The topological polar surface area (TPSA) is 48.1 Å². The molecule has 0 saturated carbocycles. The van der Waals surface area contributed by atoms with Crippen LogP contribution in [0.25, 0.3) is 0 Å². The molecule has 1 aromatic carbocycles. The van der Waals surface area contributed by atoms with Crippen LogP contribution in [0.2, 0.25) is 0 Å². The third kappa shape index (κ3) is 2.65. The molecule has 0 amide bonds. The van der Waals surface area contributed by atoms with Crippen molar-refractivity contribution in [3.05, 3.63) is 52.1 Å². The van der Waals surface area contributed by atoms with E-state index < -0.39 is 11.6 Å². The van der Waals surface area contributed by atoms with E-state index in [0.29, 0.717) is 5.56 Å². The lowest BCUT2D eigenvalue weighted by atomic mass is 10.2. The summed E-state index contributed by atoms with van der Waals surface area (Å²) in [5.41, 5.74) is 5.68. The van der Waals surface area contributed by atoms with Crippen molar-refractivity contribution >= 4 is 15.9 Å². The Morgan fingerprint density at radius 1 is 1.28 bits per heavy atom. The van der Waals surface area contributed by atoms with Crippen LogP contribution in [0, 0.1) is 11.6 Å². The number of ether oxygens (including phenoxy) is 1. The zero-order valence-electron chi connectivity index (χ0n) is 9.16. The van der Waals surface area contributed by atoms with Crippen LogP contribution in [0.4, 0.5) is 8.78 Å². The maximum absolute atomic E-state index is 13.8. The molecule has 0 fully saturated rings. The Hall–Kier alpha value is -1.53. The van der Waals surface area contributed by atoms with Gasteiger partial charge in [-0.05, 0) is 40.2 Å². The summed E-state index contributed by atoms with van der Waals surface area (Å²) in [5, 5.41) is 0. The van der Waals surface area contributed by atoms with E-state index in [9.17, 15) is 8.78 Å². The van der Waals surface area contributed by atoms with E-state index in [4.69, 9.17) is 10.5 Å². The zero-order chi connectivity index (χ0) is 13.1. The Kier molecular flexibility index (Phi) is 3.88. The molecule has 3 nitrogen and oxygen atoms in total. The average Bonchev–Trinajstić information content (AvgIpc) is 2.36. The Morgan fingerprint density at radius 3 is 2.72 bits per heavy atom. The third-order valence-corrected chi connectivity index (χ3v) is 2.87. The van der Waals surface area contributed by atoms with Gasteiger partial charge in [0.2, 0.25) is 0 Å². The third-order valence-electron chi connectivity index (χ3n) is 2.26. The fraction of sp³-hybridized carbons (Fsp3) is 0.0833. The molecule has 6 heteroatoms. The van der Waals surface area contributed by atoms with E-state index in [0.717, 1.165) is 0 Å². The molecule has 1 heterocycles. The summed E-state index contributed by atoms with van der Waals surface area (Å²) in [7, 11) is 0. The van der Waals surface area contributed by atoms with Gasteiger partial charge in [-0.3, -0.25) is 0 Å². The molecule has 0 aliphatic heterocycles. The number of pyridine rings is 1. The number of nitrogens with zero attached hydrogens (tertiary/aromatic N) is 1. The minimum Gasteiger partial charge on any atom is -0.436 e. The van der Waals surface area contributed by atoms with Crippen molar-refractivity contribution in [2.75, 3.05) is 0 Å². The summed E-state index contributed by atoms with van der Waals surface area (Å²) in [6.45, 7) is 0.0534. The number of hydrogen-bond donors (Lipinski definition) is 1. The van der Waals surface area contributed by atoms with Crippen LogP contribution < -0.4 is 10.5 Å². The first-order chi connectivity index (χ1) is 8.61. The van der Waals surface area contributed by atoms with E-state index in [2.05, 4.69) is 20.9 Å². The highest BCUT2D eigenvalue weighted by molar-refractivity contribution is 9.10. The van der Waals surface area contributed by atoms with E-state index in [1.807, 2.05) is 0 Å². The molecule has 0 saturated heterocycles. The fourth-order valence-electron chi connectivity index (χ4n) is 1.34. The van der Waals surface area contributed by atoms with Crippen LogP contribution in [-0.4, -0.2) is 4.98 Å². The molecule has 1 aromatic heterocycles. The Balaban J connectivity index is 2.31. The number of benzene rings is 1. The van der Waals surface area contributed by atoms with Gasteiger partial charge in [-0.2, -0.15) is 0 Å². The van der Waals surface area contributed by atoms with Gasteiger partial charge in [0.25, 0.3) is 5.88 Å². The van der Waals surface area contributed by atoms with Gasteiger partial charge >= 0.3 is 0 Å². The summed E-state index contributed by atoms with van der Waals surface area (Å²) in [5.74, 6) is -0.938. The summed E-state index contributed by atoms with van der Waals surface area (Å²) in [4.78, 5) is 3.77. The van der Waals surface area contributed by atoms with Gasteiger partial charge in [0.1, 0.15) is 11.6 Å². The lowest BCUT2D eigenvalue weighted by molar-refractivity contribution is 0.418. The minimum atomic E-state index is -0.611. The lowest BCUT2D eigenvalue weighted by Crippen LogP contribution is -2.02. The van der Waals surface area contributed by atoms with E-state index >= 15 is 0 Å². The Labute approximate surface area is 111 Å². The van der Waals surface area contributed by atoms with Crippen LogP contribution in [-0.2, 0) is 6.54 Å². The molecular formula is C12H9BrF2N2O. The molecule has 0 bridgehead atoms. The van der Waals surface area contributed by atoms with E-state index in [1.54, 1.807) is 0 Å². The number of halogens is 3. The molecule has 0 unspecified atom stereocenters. The molecule has 2 aromatic rings. The molecule has 2 rings (SSSR count). The van der Waals surface area contributed by atoms with Gasteiger partial charge in [-0.1, -0.05) is 0 Å². The zero-order valence-corrected chi connectivity index (χ0v) is 10.7. The van der Waals surface area contributed by atoms with E-state index in [-0.39, 0.29) is 22.6 Å². The van der Waals surface area contributed by atoms with Crippen LogP contribution in [0.1, 0.15) is 5.56 Å². The van der Waals surface area contributed by atoms with Gasteiger partial charge in [0, 0.05) is 18.3 Å². The maximum Gasteiger partial charge on any atom is 0.256 e. The van der Waals surface area contributed by atoms with Crippen LogP contribution in [0.5, 0.6) is 11.6 Å². The molecule has 0 aliphatic carbocycles. The van der Waals surface area contributed by atoms with Crippen molar-refractivity contribution in [2.24, 2.45) is 5.73 Å². The smallest absolute Gasteiger partial charge is 0.256 e. The average molecular weight is 315 g/mol. The van der Waals surface area contributed by atoms with Gasteiger partial charge in [0.05, 0.1) is 4.47 Å². The predicted molar refractivity (Wildman–Crippen MR) is 66.3 cm³/mol. The summed E-state index contributed by atoms with van der Waals surface area (Å²) < 4.78 is 32.3. The van der Waals surface area contributed by atoms with Gasteiger partial charge in [0.15, 0.2) is 5.82 Å². The Morgan fingerprint density at radius 2 is 2.06 bits per heavy atom. The first-order valence-electron chi connectivity index (χ1n) is 5.08. The second-order valence-corrected chi connectivity index (χ2v) is 4.33. The SMILES string of the molecule is NCc1ccnc(Oc2ccc(F)c(Br)c2)c1F. The van der Waals surface area contributed by atoms with E-state index in [1.165, 1.54) is 30.5 Å². The number of rotatable bonds is 3. The first kappa shape index (κ1) is 12.9. The molecular weight excluding hydrogens is 306 g/mol. The van der Waals surface area contributed by atoms with Crippen molar-refractivity contribution in [3.8, 4) is 11.6 Å². The maximum atomic E-state index is 13.8. The largest absolute Gasteiger partial charge is 0.436 e. The number of nitrogens with two attached hydrogens (primary N) is 1. The number of aromatic nitrogens is 1. The summed E-state index contributed by atoms with van der Waals surface area (Å²) in [6, 6.07) is 5.47. The minimum absolute atomic E-state index is 0.0534. The van der Waals surface area contributed by atoms with Crippen molar-refractivity contribution in [1.29, 1.82) is 0 Å². The molecule has 18 heavy (non-hydrogen) atoms. The lowest BCUT2D eigenvalue weighted by Gasteiger charge is -2.08. The molecule has 0 radical (unpaired) electrons. The quantitative estimate of drug-likeness (QED) is 0.945. The van der Waals surface area contributed by atoms with Crippen LogP contribution >= 0.6 is 15.9 Å². The van der Waals surface area contributed by atoms with Gasteiger partial charge in [-0.25, -0.2) is 13.8 Å². The standard InChI is InChI=1S/C12H9BrF2N2O/c13-9-5-8(1-2-10(9)14)18-12-11(15)7(6-16)3-4-17-12/h1-5H,6,16H2. The van der Waals surface area contributed by atoms with Gasteiger partial charge < -0.3 is 10.5 Å². The highest BCUT2D eigenvalue weighted by Crippen LogP contribution is 2.27. The fourth-order valence-corrected chi connectivity index (χ4v) is 1.70. The predicted octanol–water partition coefficient (Wildman–Crippen LogP) is 3.37. The Bertz CT molecular complexity index is 578. The van der Waals surface area contributed by atoms with Crippen LogP contribution in [0.15, 0.2) is 34.9 Å². The number of hydrogen-bond acceptors (Lipinski definition) is 3. The normalized spacial score (nSPS) is 10.4. The van der Waals surface area contributed by atoms with Crippen LogP contribution in [0.3, 0.4) is 0 Å². The highest BCUT2D eigenvalue weighted by Gasteiger charge is 2.11. The molecule has 0 aliphatic rings. The summed E-state index contributed by atoms with van der Waals surface area (Å²) in [6.07, 6.45) is 1.40. The summed E-state index contributed by atoms with van der Waals surface area (Å²) >= 11 is 3.02. The molecule has 0 spiro atoms. The monoisotopic (exact) mass is 314 g/mol. The van der Waals surface area contributed by atoms with Crippen molar-refractivity contribution in [3.63, 3.8) is 0 Å². The highest BCUT2D eigenvalue weighted by atomic mass is 79.9. The molecule has 2 N–H and O–H groups in total. The van der Waals surface area contributed by atoms with Crippen molar-refractivity contribution < 1.29 is 13.5 Å². The first-order valence-corrected chi connectivity index (χ1v) is 5.87. The second-order valence-electron chi connectivity index (χ2n) is 3.47. The van der Waals surface area contributed by atoms with Crippen molar-refractivity contribution in [2.45, 2.75) is 6.54 Å². The second kappa shape index (κ2) is 5.41. The van der Waals surface area contributed by atoms with Crippen molar-refractivity contribution in [1.82, 2.24) is 4.98 Å².